The van der Waals surface area contributed by atoms with Gasteiger partial charge in [-0.25, -0.2) is 0 Å². The summed E-state index contributed by atoms with van der Waals surface area (Å²) in [7, 11) is 0. The van der Waals surface area contributed by atoms with E-state index in [0.717, 1.165) is 25.2 Å². The van der Waals surface area contributed by atoms with Gasteiger partial charge in [0.05, 0.1) is 13.2 Å². The highest BCUT2D eigenvalue weighted by atomic mass is 16.5. The van der Waals surface area contributed by atoms with Crippen LogP contribution in [-0.2, 0) is 9.53 Å². The molecule has 2 aliphatic carbocycles. The molecule has 0 saturated heterocycles. The first-order chi connectivity index (χ1) is 8.72. The Kier molecular flexibility index (Phi) is 4.29. The quantitative estimate of drug-likeness (QED) is 0.599. The minimum atomic E-state index is -0.520. The number of hydrogen-bond acceptors (Lipinski definition) is 3. The summed E-state index contributed by atoms with van der Waals surface area (Å²) in [5, 5.41) is 3.27. The van der Waals surface area contributed by atoms with E-state index in [1.54, 1.807) is 0 Å². The second-order valence-corrected chi connectivity index (χ2v) is 5.55. The number of nitrogens with one attached hydrogen (secondary N) is 1. The van der Waals surface area contributed by atoms with E-state index in [1.807, 2.05) is 6.92 Å². The maximum absolute atomic E-state index is 12.3. The molecule has 100 valence electrons. The molecule has 3 heteroatoms. The van der Waals surface area contributed by atoms with E-state index >= 15 is 0 Å². The van der Waals surface area contributed by atoms with Crippen LogP contribution in [0.15, 0.2) is 0 Å². The van der Waals surface area contributed by atoms with Crippen molar-refractivity contribution in [1.82, 2.24) is 5.32 Å². The number of esters is 1. The number of carbonyl (C=O) groups excluding carboxylic acids is 1. The van der Waals surface area contributed by atoms with Crippen LogP contribution in [0.4, 0.5) is 0 Å². The number of rotatable bonds is 5. The predicted octanol–water partition coefficient (Wildman–Crippen LogP) is 2.11. The van der Waals surface area contributed by atoms with Crippen molar-refractivity contribution < 1.29 is 9.53 Å². The van der Waals surface area contributed by atoms with Crippen molar-refractivity contribution in [2.45, 2.75) is 51.0 Å². The lowest BCUT2D eigenvalue weighted by Gasteiger charge is -2.39. The summed E-state index contributed by atoms with van der Waals surface area (Å²) < 4.78 is 5.26. The summed E-state index contributed by atoms with van der Waals surface area (Å²) in [6.07, 6.45) is 12.1. The Bertz CT molecular complexity index is 343. The van der Waals surface area contributed by atoms with E-state index < -0.39 is 5.54 Å². The molecule has 2 atom stereocenters. The van der Waals surface area contributed by atoms with Crippen molar-refractivity contribution in [2.24, 2.45) is 11.8 Å². The third-order valence-electron chi connectivity index (χ3n) is 4.27. The molecular weight excluding hydrogens is 226 g/mol. The van der Waals surface area contributed by atoms with Gasteiger partial charge < -0.3 is 4.74 Å². The molecule has 0 radical (unpaired) electrons. The van der Waals surface area contributed by atoms with Gasteiger partial charge in [-0.1, -0.05) is 18.8 Å². The number of terminal acetylenes is 1. The van der Waals surface area contributed by atoms with Gasteiger partial charge in [0.1, 0.15) is 5.54 Å². The van der Waals surface area contributed by atoms with E-state index in [2.05, 4.69) is 11.2 Å². The lowest BCUT2D eigenvalue weighted by Crippen LogP contribution is -2.56. The van der Waals surface area contributed by atoms with Gasteiger partial charge in [-0.2, -0.15) is 0 Å². The number of hydrogen-bond donors (Lipinski definition) is 1. The average molecular weight is 249 g/mol. The molecule has 2 fully saturated rings. The van der Waals surface area contributed by atoms with E-state index in [0.29, 0.717) is 19.1 Å². The summed E-state index contributed by atoms with van der Waals surface area (Å²) in [6.45, 7) is 2.73. The average Bonchev–Trinajstić information content (AvgIpc) is 3.21. The minimum absolute atomic E-state index is 0.106. The molecule has 2 aliphatic rings. The maximum atomic E-state index is 12.3. The highest BCUT2D eigenvalue weighted by Gasteiger charge is 2.47. The second kappa shape index (κ2) is 5.75. The third kappa shape index (κ3) is 2.87. The highest BCUT2D eigenvalue weighted by molar-refractivity contribution is 5.81. The zero-order chi connectivity index (χ0) is 13.0. The number of carbonyl (C=O) groups is 1. The van der Waals surface area contributed by atoms with Crippen molar-refractivity contribution in [2.75, 3.05) is 13.2 Å². The van der Waals surface area contributed by atoms with Crippen LogP contribution in [0.5, 0.6) is 0 Å². The normalized spacial score (nSPS) is 31.7. The Hall–Kier alpha value is -1.01. The summed E-state index contributed by atoms with van der Waals surface area (Å²) in [5.41, 5.74) is -0.520. The zero-order valence-corrected chi connectivity index (χ0v) is 11.2. The molecule has 0 heterocycles. The summed E-state index contributed by atoms with van der Waals surface area (Å²) in [4.78, 5) is 12.3. The van der Waals surface area contributed by atoms with Gasteiger partial charge in [0.25, 0.3) is 0 Å². The molecule has 3 nitrogen and oxygen atoms in total. The standard InChI is InChI=1S/C15H23NO2/c1-3-10-16-15(14(17)18-4-2)9-5-6-13(11-15)12-7-8-12/h1,12-13,16H,4-11H2,2H3. The van der Waals surface area contributed by atoms with Gasteiger partial charge >= 0.3 is 5.97 Å². The lowest BCUT2D eigenvalue weighted by molar-refractivity contribution is -0.153. The molecule has 1 N–H and O–H groups in total. The first-order valence-electron chi connectivity index (χ1n) is 7.07. The van der Waals surface area contributed by atoms with Crippen LogP contribution in [0.1, 0.15) is 45.4 Å². The van der Waals surface area contributed by atoms with Crippen LogP contribution in [0.3, 0.4) is 0 Å². The van der Waals surface area contributed by atoms with Gasteiger partial charge in [0, 0.05) is 0 Å². The van der Waals surface area contributed by atoms with E-state index in [4.69, 9.17) is 11.2 Å². The number of ether oxygens (including phenoxy) is 1. The molecule has 0 aromatic rings. The van der Waals surface area contributed by atoms with Gasteiger partial charge in [-0.05, 0) is 44.4 Å². The predicted molar refractivity (Wildman–Crippen MR) is 70.9 cm³/mol. The largest absolute Gasteiger partial charge is 0.465 e. The molecule has 0 aliphatic heterocycles. The van der Waals surface area contributed by atoms with Crippen molar-refractivity contribution in [3.63, 3.8) is 0 Å². The topological polar surface area (TPSA) is 38.3 Å². The molecule has 18 heavy (non-hydrogen) atoms. The minimum Gasteiger partial charge on any atom is -0.465 e. The molecule has 0 amide bonds. The van der Waals surface area contributed by atoms with Crippen LogP contribution < -0.4 is 5.32 Å². The maximum Gasteiger partial charge on any atom is 0.326 e. The zero-order valence-electron chi connectivity index (χ0n) is 11.2. The molecule has 0 spiro atoms. The monoisotopic (exact) mass is 249 g/mol. The fraction of sp³-hybridized carbons (Fsp3) is 0.800. The van der Waals surface area contributed by atoms with Gasteiger partial charge in [-0.3, -0.25) is 10.1 Å². The molecule has 2 saturated carbocycles. The molecule has 2 unspecified atom stereocenters. The third-order valence-corrected chi connectivity index (χ3v) is 4.27. The Morgan fingerprint density at radius 1 is 1.44 bits per heavy atom. The van der Waals surface area contributed by atoms with E-state index in [1.165, 1.54) is 19.3 Å². The highest BCUT2D eigenvalue weighted by Crippen LogP contribution is 2.46. The van der Waals surface area contributed by atoms with Crippen LogP contribution >= 0.6 is 0 Å². The van der Waals surface area contributed by atoms with E-state index in [9.17, 15) is 4.79 Å². The SMILES string of the molecule is C#CCNC1(C(=O)OCC)CCCC(C2CC2)C1. The first-order valence-corrected chi connectivity index (χ1v) is 7.07. The van der Waals surface area contributed by atoms with Crippen LogP contribution in [0.2, 0.25) is 0 Å². The molecule has 0 bridgehead atoms. The summed E-state index contributed by atoms with van der Waals surface area (Å²) in [6, 6.07) is 0. The van der Waals surface area contributed by atoms with Crippen LogP contribution in [-0.4, -0.2) is 24.7 Å². The Balaban J connectivity index is 2.07. The fourth-order valence-corrected chi connectivity index (χ4v) is 3.20. The van der Waals surface area contributed by atoms with E-state index in [-0.39, 0.29) is 5.97 Å². The molecule has 0 aromatic heterocycles. The lowest BCUT2D eigenvalue weighted by atomic mass is 9.73. The summed E-state index contributed by atoms with van der Waals surface area (Å²) in [5.74, 6) is 3.99. The van der Waals surface area contributed by atoms with Gasteiger partial charge in [0.2, 0.25) is 0 Å². The first kappa shape index (κ1) is 13.4. The molecular formula is C15H23NO2. The van der Waals surface area contributed by atoms with Crippen molar-refractivity contribution in [3.05, 3.63) is 0 Å². The summed E-state index contributed by atoms with van der Waals surface area (Å²) >= 11 is 0. The Morgan fingerprint density at radius 3 is 2.83 bits per heavy atom. The van der Waals surface area contributed by atoms with Crippen LogP contribution in [0.25, 0.3) is 0 Å². The van der Waals surface area contributed by atoms with Gasteiger partial charge in [-0.15, -0.1) is 6.42 Å². The fourth-order valence-electron chi connectivity index (χ4n) is 3.20. The Labute approximate surface area is 110 Å². The van der Waals surface area contributed by atoms with Crippen molar-refractivity contribution in [3.8, 4) is 12.3 Å². The molecule has 0 aromatic carbocycles. The van der Waals surface area contributed by atoms with Crippen molar-refractivity contribution >= 4 is 5.97 Å². The second-order valence-electron chi connectivity index (χ2n) is 5.55. The molecule has 2 rings (SSSR count). The smallest absolute Gasteiger partial charge is 0.326 e. The Morgan fingerprint density at radius 2 is 2.22 bits per heavy atom. The van der Waals surface area contributed by atoms with Gasteiger partial charge in [0.15, 0.2) is 0 Å². The van der Waals surface area contributed by atoms with Crippen LogP contribution in [0, 0.1) is 24.2 Å². The van der Waals surface area contributed by atoms with Crippen molar-refractivity contribution in [1.29, 1.82) is 0 Å².